The van der Waals surface area contributed by atoms with Crippen LogP contribution in [0.3, 0.4) is 0 Å². The zero-order valence-corrected chi connectivity index (χ0v) is 19.9. The topological polar surface area (TPSA) is 108 Å². The highest BCUT2D eigenvalue weighted by atomic mass is 16.6. The zero-order chi connectivity index (χ0) is 25.8. The van der Waals surface area contributed by atoms with Crippen LogP contribution < -0.4 is 0 Å². The Morgan fingerprint density at radius 3 is 1.56 bits per heavy atom. The van der Waals surface area contributed by atoms with Crippen LogP contribution in [0.2, 0.25) is 0 Å². The molecular formula is C28H28O8. The van der Waals surface area contributed by atoms with Gasteiger partial charge in [-0.05, 0) is 16.7 Å². The van der Waals surface area contributed by atoms with Gasteiger partial charge in [0.05, 0.1) is 6.42 Å². The molecule has 0 saturated heterocycles. The number of hydrogen-bond acceptors (Lipinski definition) is 8. The third-order valence-corrected chi connectivity index (χ3v) is 5.33. The lowest BCUT2D eigenvalue weighted by Crippen LogP contribution is -2.56. The number of carbonyl (C=O) groups is 3. The van der Waals surface area contributed by atoms with Gasteiger partial charge in [0.15, 0.2) is 6.10 Å². The summed E-state index contributed by atoms with van der Waals surface area (Å²) < 4.78 is 20.9. The first-order valence-electron chi connectivity index (χ1n) is 11.3. The summed E-state index contributed by atoms with van der Waals surface area (Å²) in [6, 6.07) is 26.5. The molecule has 0 radical (unpaired) electrons. The second-order valence-corrected chi connectivity index (χ2v) is 8.02. The van der Waals surface area contributed by atoms with Crippen LogP contribution in [-0.4, -0.2) is 41.8 Å². The van der Waals surface area contributed by atoms with Crippen LogP contribution in [-0.2, 0) is 53.2 Å². The summed E-state index contributed by atoms with van der Waals surface area (Å²) in [6.07, 6.45) is -2.72. The highest BCUT2D eigenvalue weighted by molar-refractivity contribution is 5.93. The van der Waals surface area contributed by atoms with Crippen molar-refractivity contribution in [3.05, 3.63) is 108 Å². The number of ether oxygens (including phenoxy) is 4. The van der Waals surface area contributed by atoms with Gasteiger partial charge < -0.3 is 24.1 Å². The van der Waals surface area contributed by atoms with Crippen LogP contribution in [0.4, 0.5) is 0 Å². The van der Waals surface area contributed by atoms with E-state index in [0.717, 1.165) is 7.11 Å². The van der Waals surface area contributed by atoms with Crippen molar-refractivity contribution < 1.29 is 38.4 Å². The van der Waals surface area contributed by atoms with Gasteiger partial charge in [-0.3, -0.25) is 4.79 Å². The predicted molar refractivity (Wildman–Crippen MR) is 129 cm³/mol. The van der Waals surface area contributed by atoms with Gasteiger partial charge in [0.2, 0.25) is 5.60 Å². The van der Waals surface area contributed by atoms with Crippen LogP contribution in [0, 0.1) is 0 Å². The number of esters is 3. The quantitative estimate of drug-likeness (QED) is 0.303. The predicted octanol–water partition coefficient (Wildman–Crippen LogP) is 3.35. The standard InChI is InChI=1S/C28H28O8/c1-33-25(26(30)35-19-22-13-7-3-8-14-22)28(32,27(31)36-20-23-15-9-4-10-16-23)17-24(29)34-18-21-11-5-2-6-12-21/h2-16,25,32H,17-20H2,1H3. The monoisotopic (exact) mass is 492 g/mol. The molecule has 3 rings (SSSR count). The highest BCUT2D eigenvalue weighted by Gasteiger charge is 2.53. The van der Waals surface area contributed by atoms with Crippen molar-refractivity contribution in [2.75, 3.05) is 7.11 Å². The van der Waals surface area contributed by atoms with Crippen molar-refractivity contribution in [1.82, 2.24) is 0 Å². The zero-order valence-electron chi connectivity index (χ0n) is 19.9. The molecule has 1 N–H and O–H groups in total. The largest absolute Gasteiger partial charge is 0.461 e. The SMILES string of the molecule is COC(C(=O)OCc1ccccc1)C(O)(CC(=O)OCc1ccccc1)C(=O)OCc1ccccc1. The number of aliphatic hydroxyl groups is 1. The van der Waals surface area contributed by atoms with E-state index in [1.165, 1.54) is 0 Å². The van der Waals surface area contributed by atoms with Crippen molar-refractivity contribution in [1.29, 1.82) is 0 Å². The molecule has 3 aromatic rings. The Labute approximate surface area is 209 Å². The molecule has 0 amide bonds. The first-order valence-corrected chi connectivity index (χ1v) is 11.3. The van der Waals surface area contributed by atoms with Crippen molar-refractivity contribution in [2.24, 2.45) is 0 Å². The minimum atomic E-state index is -2.69. The molecule has 8 nitrogen and oxygen atoms in total. The van der Waals surface area contributed by atoms with E-state index < -0.39 is 36.0 Å². The van der Waals surface area contributed by atoms with Crippen molar-refractivity contribution >= 4 is 17.9 Å². The maximum Gasteiger partial charge on any atom is 0.342 e. The summed E-state index contributed by atoms with van der Waals surface area (Å²) >= 11 is 0. The molecule has 0 aromatic heterocycles. The summed E-state index contributed by atoms with van der Waals surface area (Å²) in [5.41, 5.74) is -0.629. The molecular weight excluding hydrogens is 464 g/mol. The number of rotatable bonds is 12. The van der Waals surface area contributed by atoms with E-state index in [9.17, 15) is 19.5 Å². The van der Waals surface area contributed by atoms with Crippen molar-refractivity contribution in [3.63, 3.8) is 0 Å². The lowest BCUT2D eigenvalue weighted by atomic mass is 9.92. The fourth-order valence-electron chi connectivity index (χ4n) is 3.42. The molecule has 0 aliphatic heterocycles. The van der Waals surface area contributed by atoms with E-state index >= 15 is 0 Å². The smallest absolute Gasteiger partial charge is 0.342 e. The molecule has 0 fully saturated rings. The van der Waals surface area contributed by atoms with Gasteiger partial charge >= 0.3 is 17.9 Å². The van der Waals surface area contributed by atoms with E-state index in [1.54, 1.807) is 78.9 Å². The summed E-state index contributed by atoms with van der Waals surface area (Å²) in [7, 11) is 1.12. The molecule has 36 heavy (non-hydrogen) atoms. The Hall–Kier alpha value is -4.01. The van der Waals surface area contributed by atoms with Crippen LogP contribution in [0.1, 0.15) is 23.1 Å². The van der Waals surface area contributed by atoms with Gasteiger partial charge in [-0.25, -0.2) is 9.59 Å². The fourth-order valence-corrected chi connectivity index (χ4v) is 3.42. The minimum absolute atomic E-state index is 0.0785. The third kappa shape index (κ3) is 7.49. The van der Waals surface area contributed by atoms with Crippen LogP contribution in [0.5, 0.6) is 0 Å². The molecule has 0 heterocycles. The van der Waals surface area contributed by atoms with Gasteiger partial charge in [0.1, 0.15) is 19.8 Å². The Kier molecular flexibility index (Phi) is 9.73. The number of methoxy groups -OCH3 is 1. The molecule has 0 aliphatic rings. The highest BCUT2D eigenvalue weighted by Crippen LogP contribution is 2.24. The lowest BCUT2D eigenvalue weighted by Gasteiger charge is -2.30. The summed E-state index contributed by atoms with van der Waals surface area (Å²) in [4.78, 5) is 38.6. The Bertz CT molecular complexity index is 1120. The second-order valence-electron chi connectivity index (χ2n) is 8.02. The summed E-state index contributed by atoms with van der Waals surface area (Å²) in [6.45, 7) is -0.380. The van der Waals surface area contributed by atoms with E-state index in [-0.39, 0.29) is 19.8 Å². The fraction of sp³-hybridized carbons (Fsp3) is 0.250. The molecule has 188 valence electrons. The first kappa shape index (κ1) is 26.6. The average Bonchev–Trinajstić information content (AvgIpc) is 2.91. The van der Waals surface area contributed by atoms with Gasteiger partial charge in [-0.2, -0.15) is 0 Å². The van der Waals surface area contributed by atoms with E-state index in [0.29, 0.717) is 16.7 Å². The molecule has 2 atom stereocenters. The first-order chi connectivity index (χ1) is 17.4. The lowest BCUT2D eigenvalue weighted by molar-refractivity contribution is -0.199. The molecule has 2 unspecified atom stereocenters. The Morgan fingerprint density at radius 1 is 0.694 bits per heavy atom. The van der Waals surface area contributed by atoms with Crippen molar-refractivity contribution in [3.8, 4) is 0 Å². The van der Waals surface area contributed by atoms with Gasteiger partial charge in [-0.15, -0.1) is 0 Å². The van der Waals surface area contributed by atoms with Gasteiger partial charge in [-0.1, -0.05) is 91.0 Å². The molecule has 3 aromatic carbocycles. The normalized spacial score (nSPS) is 13.2. The minimum Gasteiger partial charge on any atom is -0.461 e. The summed E-state index contributed by atoms with van der Waals surface area (Å²) in [5, 5.41) is 11.4. The Balaban J connectivity index is 1.74. The number of carbonyl (C=O) groups excluding carboxylic acids is 3. The van der Waals surface area contributed by atoms with Gasteiger partial charge in [0, 0.05) is 7.11 Å². The molecule has 0 saturated carbocycles. The Morgan fingerprint density at radius 2 is 1.11 bits per heavy atom. The molecule has 0 aliphatic carbocycles. The average molecular weight is 493 g/mol. The number of benzene rings is 3. The summed E-state index contributed by atoms with van der Waals surface area (Å²) in [5.74, 6) is -3.17. The maximum absolute atomic E-state index is 13.1. The third-order valence-electron chi connectivity index (χ3n) is 5.33. The van der Waals surface area contributed by atoms with Crippen LogP contribution >= 0.6 is 0 Å². The molecule has 0 spiro atoms. The second kappa shape index (κ2) is 13.2. The number of hydrogen-bond donors (Lipinski definition) is 1. The van der Waals surface area contributed by atoms with E-state index in [2.05, 4.69) is 0 Å². The van der Waals surface area contributed by atoms with Gasteiger partial charge in [0.25, 0.3) is 0 Å². The van der Waals surface area contributed by atoms with Crippen molar-refractivity contribution in [2.45, 2.75) is 37.9 Å². The van der Waals surface area contributed by atoms with E-state index in [1.807, 2.05) is 12.1 Å². The van der Waals surface area contributed by atoms with E-state index in [4.69, 9.17) is 18.9 Å². The molecule has 0 bridgehead atoms. The maximum atomic E-state index is 13.1. The van der Waals surface area contributed by atoms with Crippen LogP contribution in [0.15, 0.2) is 91.0 Å². The van der Waals surface area contributed by atoms with Crippen LogP contribution in [0.25, 0.3) is 0 Å². The molecule has 8 heteroatoms.